The molecule has 7 nitrogen and oxygen atoms in total. The predicted octanol–water partition coefficient (Wildman–Crippen LogP) is 1.47. The Morgan fingerprint density at radius 1 is 1.08 bits per heavy atom. The summed E-state index contributed by atoms with van der Waals surface area (Å²) in [4.78, 5) is 16.5. The van der Waals surface area contributed by atoms with Crippen LogP contribution in [0.2, 0.25) is 0 Å². The average Bonchev–Trinajstić information content (AvgIpc) is 3.19. The summed E-state index contributed by atoms with van der Waals surface area (Å²) in [6, 6.07) is 6.06. The smallest absolute Gasteiger partial charge is 0.317 e. The van der Waals surface area contributed by atoms with Crippen molar-refractivity contribution in [3.8, 4) is 11.5 Å². The molecule has 3 aliphatic heterocycles. The Kier molecular flexibility index (Phi) is 4.83. The number of urea groups is 1. The van der Waals surface area contributed by atoms with Crippen molar-refractivity contribution in [3.05, 3.63) is 18.2 Å². The number of benzene rings is 1. The second kappa shape index (κ2) is 7.39. The van der Waals surface area contributed by atoms with Gasteiger partial charge in [-0.25, -0.2) is 4.79 Å². The number of hydrogen-bond donors (Lipinski definition) is 1. The van der Waals surface area contributed by atoms with Crippen LogP contribution in [0.25, 0.3) is 0 Å². The second-order valence-corrected chi connectivity index (χ2v) is 6.62. The molecular formula is C18H25N3O4. The summed E-state index contributed by atoms with van der Waals surface area (Å²) in [6.45, 7) is 5.68. The predicted molar refractivity (Wildman–Crippen MR) is 93.6 cm³/mol. The Hall–Kier alpha value is -2.15. The van der Waals surface area contributed by atoms with Gasteiger partial charge in [-0.2, -0.15) is 0 Å². The van der Waals surface area contributed by atoms with Crippen LogP contribution in [0.3, 0.4) is 0 Å². The number of nitrogens with one attached hydrogen (secondary N) is 1. The van der Waals surface area contributed by atoms with Gasteiger partial charge in [0.2, 0.25) is 0 Å². The molecule has 136 valence electrons. The Bertz CT molecular complexity index is 610. The van der Waals surface area contributed by atoms with E-state index in [1.54, 1.807) is 0 Å². The molecule has 7 heteroatoms. The largest absolute Gasteiger partial charge is 0.486 e. The van der Waals surface area contributed by atoms with Crippen molar-refractivity contribution in [2.24, 2.45) is 0 Å². The van der Waals surface area contributed by atoms with Gasteiger partial charge in [0.05, 0.1) is 6.10 Å². The Morgan fingerprint density at radius 3 is 2.64 bits per heavy atom. The standard InChI is InChI=1S/C18H25N3O4/c22-18(19-13-15-2-1-9-23-15)21-7-5-20(6-8-21)14-3-4-16-17(12-14)25-11-10-24-16/h3-4,12,15H,1-2,5-11,13H2,(H,19,22). The van der Waals surface area contributed by atoms with E-state index in [0.29, 0.717) is 32.8 Å². The summed E-state index contributed by atoms with van der Waals surface area (Å²) in [5.74, 6) is 1.61. The first-order chi connectivity index (χ1) is 12.3. The lowest BCUT2D eigenvalue weighted by Gasteiger charge is -2.36. The number of carbonyl (C=O) groups excluding carboxylic acids is 1. The van der Waals surface area contributed by atoms with Gasteiger partial charge in [-0.1, -0.05) is 0 Å². The lowest BCUT2D eigenvalue weighted by atomic mass is 10.2. The Labute approximate surface area is 147 Å². The maximum absolute atomic E-state index is 12.3. The molecule has 1 aromatic rings. The molecule has 3 heterocycles. The number of fused-ring (bicyclic) bond motifs is 1. The minimum atomic E-state index is 0.0114. The SMILES string of the molecule is O=C(NCC1CCCO1)N1CCN(c2ccc3c(c2)OCCO3)CC1. The number of rotatable bonds is 3. The number of carbonyl (C=O) groups is 1. The van der Waals surface area contributed by atoms with Gasteiger partial charge in [-0.15, -0.1) is 0 Å². The van der Waals surface area contributed by atoms with Crippen molar-refractivity contribution < 1.29 is 19.0 Å². The van der Waals surface area contributed by atoms with Gasteiger partial charge in [-0.3, -0.25) is 0 Å². The zero-order valence-electron chi connectivity index (χ0n) is 14.4. The van der Waals surface area contributed by atoms with E-state index in [0.717, 1.165) is 49.7 Å². The van der Waals surface area contributed by atoms with Crippen molar-refractivity contribution >= 4 is 11.7 Å². The minimum absolute atomic E-state index is 0.0114. The zero-order chi connectivity index (χ0) is 17.1. The molecular weight excluding hydrogens is 322 g/mol. The summed E-state index contributed by atoms with van der Waals surface area (Å²) in [5, 5.41) is 3.00. The number of hydrogen-bond acceptors (Lipinski definition) is 5. The minimum Gasteiger partial charge on any atom is -0.486 e. The van der Waals surface area contributed by atoms with Crippen LogP contribution in [-0.4, -0.2) is 69.6 Å². The van der Waals surface area contributed by atoms with Crippen LogP contribution in [0.15, 0.2) is 18.2 Å². The number of piperazine rings is 1. The second-order valence-electron chi connectivity index (χ2n) is 6.62. The molecule has 2 amide bonds. The number of nitrogens with zero attached hydrogens (tertiary/aromatic N) is 2. The molecule has 3 aliphatic rings. The van der Waals surface area contributed by atoms with Crippen molar-refractivity contribution in [2.75, 3.05) is 57.4 Å². The van der Waals surface area contributed by atoms with Crippen molar-refractivity contribution in [3.63, 3.8) is 0 Å². The summed E-state index contributed by atoms with van der Waals surface area (Å²) in [7, 11) is 0. The van der Waals surface area contributed by atoms with E-state index < -0.39 is 0 Å². The highest BCUT2D eigenvalue weighted by molar-refractivity contribution is 5.74. The molecule has 25 heavy (non-hydrogen) atoms. The van der Waals surface area contributed by atoms with E-state index in [4.69, 9.17) is 14.2 Å². The van der Waals surface area contributed by atoms with Crippen molar-refractivity contribution in [1.29, 1.82) is 0 Å². The van der Waals surface area contributed by atoms with Gasteiger partial charge >= 0.3 is 6.03 Å². The average molecular weight is 347 g/mol. The first-order valence-electron chi connectivity index (χ1n) is 9.08. The molecule has 1 atom stereocenters. The van der Waals surface area contributed by atoms with E-state index in [9.17, 15) is 4.79 Å². The molecule has 0 spiro atoms. The molecule has 1 unspecified atom stereocenters. The molecule has 4 rings (SSSR count). The van der Waals surface area contributed by atoms with E-state index in [-0.39, 0.29) is 12.1 Å². The summed E-state index contributed by atoms with van der Waals surface area (Å²) < 4.78 is 16.8. The molecule has 0 aliphatic carbocycles. The van der Waals surface area contributed by atoms with Crippen LogP contribution in [0.4, 0.5) is 10.5 Å². The van der Waals surface area contributed by atoms with E-state index in [1.165, 1.54) is 0 Å². The monoisotopic (exact) mass is 347 g/mol. The van der Waals surface area contributed by atoms with Crippen LogP contribution in [0.1, 0.15) is 12.8 Å². The quantitative estimate of drug-likeness (QED) is 0.897. The lowest BCUT2D eigenvalue weighted by Crippen LogP contribution is -2.52. The molecule has 2 saturated heterocycles. The Morgan fingerprint density at radius 2 is 1.88 bits per heavy atom. The zero-order valence-corrected chi connectivity index (χ0v) is 14.4. The highest BCUT2D eigenvalue weighted by Gasteiger charge is 2.24. The van der Waals surface area contributed by atoms with Gasteiger partial charge in [0.1, 0.15) is 13.2 Å². The van der Waals surface area contributed by atoms with Crippen LogP contribution >= 0.6 is 0 Å². The topological polar surface area (TPSA) is 63.3 Å². The van der Waals surface area contributed by atoms with Crippen molar-refractivity contribution in [2.45, 2.75) is 18.9 Å². The number of anilines is 1. The molecule has 1 aromatic carbocycles. The highest BCUT2D eigenvalue weighted by atomic mass is 16.6. The maximum atomic E-state index is 12.3. The summed E-state index contributed by atoms with van der Waals surface area (Å²) >= 11 is 0. The van der Waals surface area contributed by atoms with Gasteiger partial charge in [0, 0.05) is 51.1 Å². The number of ether oxygens (including phenoxy) is 3. The summed E-state index contributed by atoms with van der Waals surface area (Å²) in [5.41, 5.74) is 1.11. The van der Waals surface area contributed by atoms with Crippen LogP contribution < -0.4 is 19.7 Å². The highest BCUT2D eigenvalue weighted by Crippen LogP contribution is 2.34. The fraction of sp³-hybridized carbons (Fsp3) is 0.611. The van der Waals surface area contributed by atoms with Crippen LogP contribution in [-0.2, 0) is 4.74 Å². The van der Waals surface area contributed by atoms with Crippen LogP contribution in [0.5, 0.6) is 11.5 Å². The molecule has 0 aromatic heterocycles. The van der Waals surface area contributed by atoms with E-state index in [2.05, 4.69) is 16.3 Å². The fourth-order valence-electron chi connectivity index (χ4n) is 3.51. The number of amides is 2. The normalized spacial score (nSPS) is 22.8. The van der Waals surface area contributed by atoms with Gasteiger partial charge in [0.15, 0.2) is 11.5 Å². The van der Waals surface area contributed by atoms with E-state index >= 15 is 0 Å². The van der Waals surface area contributed by atoms with Gasteiger partial charge < -0.3 is 29.3 Å². The summed E-state index contributed by atoms with van der Waals surface area (Å²) in [6.07, 6.45) is 2.32. The molecule has 0 bridgehead atoms. The third-order valence-corrected chi connectivity index (χ3v) is 4.96. The van der Waals surface area contributed by atoms with Crippen LogP contribution in [0, 0.1) is 0 Å². The molecule has 1 N–H and O–H groups in total. The van der Waals surface area contributed by atoms with Crippen molar-refractivity contribution in [1.82, 2.24) is 10.2 Å². The first kappa shape index (κ1) is 16.3. The Balaban J connectivity index is 1.28. The van der Waals surface area contributed by atoms with Gasteiger partial charge in [0.25, 0.3) is 0 Å². The fourth-order valence-corrected chi connectivity index (χ4v) is 3.51. The van der Waals surface area contributed by atoms with E-state index in [1.807, 2.05) is 17.0 Å². The molecule has 0 saturated carbocycles. The molecule has 2 fully saturated rings. The lowest BCUT2D eigenvalue weighted by molar-refractivity contribution is 0.108. The van der Waals surface area contributed by atoms with Gasteiger partial charge in [-0.05, 0) is 25.0 Å². The molecule has 0 radical (unpaired) electrons. The third kappa shape index (κ3) is 3.76. The first-order valence-corrected chi connectivity index (χ1v) is 9.08. The third-order valence-electron chi connectivity index (χ3n) is 4.96. The maximum Gasteiger partial charge on any atom is 0.317 e.